The van der Waals surface area contributed by atoms with Crippen molar-refractivity contribution in [2.45, 2.75) is 58.3 Å². The van der Waals surface area contributed by atoms with Gasteiger partial charge in [0.2, 0.25) is 5.91 Å². The lowest BCUT2D eigenvalue weighted by Gasteiger charge is -2.38. The van der Waals surface area contributed by atoms with Crippen LogP contribution in [-0.2, 0) is 4.79 Å². The zero-order chi connectivity index (χ0) is 12.1. The van der Waals surface area contributed by atoms with E-state index in [1.165, 1.54) is 0 Å². The van der Waals surface area contributed by atoms with Gasteiger partial charge in [0.25, 0.3) is 0 Å². The van der Waals surface area contributed by atoms with Crippen LogP contribution in [0.25, 0.3) is 0 Å². The maximum absolute atomic E-state index is 12.4. The molecule has 2 bridgehead atoms. The number of nitrogens with one attached hydrogen (secondary N) is 1. The molecule has 92 valence electrons. The standard InChI is InChI=1S/C12H23N3O/c1-7-9-5-8(6-14-9)15(7)11(16)10(13)12(2,3)4/h7-10,14H,5-6,13H2,1-4H3. The Morgan fingerprint density at radius 3 is 2.56 bits per heavy atom. The van der Waals surface area contributed by atoms with E-state index in [9.17, 15) is 4.79 Å². The molecule has 1 amide bonds. The first kappa shape index (κ1) is 11.9. The van der Waals surface area contributed by atoms with Crippen LogP contribution in [0.4, 0.5) is 0 Å². The highest BCUT2D eigenvalue weighted by molar-refractivity contribution is 5.83. The van der Waals surface area contributed by atoms with Gasteiger partial charge in [-0.2, -0.15) is 0 Å². The maximum atomic E-state index is 12.4. The van der Waals surface area contributed by atoms with E-state index in [4.69, 9.17) is 5.73 Å². The van der Waals surface area contributed by atoms with Crippen molar-refractivity contribution in [2.75, 3.05) is 6.54 Å². The fourth-order valence-corrected chi connectivity index (χ4v) is 2.76. The third-order valence-electron chi connectivity index (χ3n) is 4.01. The van der Waals surface area contributed by atoms with E-state index in [2.05, 4.69) is 12.2 Å². The minimum atomic E-state index is -0.394. The predicted octanol–water partition coefficient (Wildman–Crippen LogP) is 0.321. The van der Waals surface area contributed by atoms with E-state index < -0.39 is 6.04 Å². The molecule has 0 radical (unpaired) electrons. The number of fused-ring (bicyclic) bond motifs is 2. The van der Waals surface area contributed by atoms with Gasteiger partial charge in [-0.1, -0.05) is 20.8 Å². The molecule has 2 saturated heterocycles. The Bertz CT molecular complexity index is 295. The van der Waals surface area contributed by atoms with Gasteiger partial charge < -0.3 is 16.0 Å². The van der Waals surface area contributed by atoms with Crippen LogP contribution in [0.2, 0.25) is 0 Å². The normalized spacial score (nSPS) is 35.6. The van der Waals surface area contributed by atoms with Crippen molar-refractivity contribution < 1.29 is 4.79 Å². The summed E-state index contributed by atoms with van der Waals surface area (Å²) in [5.74, 6) is 0.119. The van der Waals surface area contributed by atoms with Crippen molar-refractivity contribution in [1.82, 2.24) is 10.2 Å². The fourth-order valence-electron chi connectivity index (χ4n) is 2.76. The second-order valence-electron chi connectivity index (χ2n) is 6.23. The lowest BCUT2D eigenvalue weighted by Crippen LogP contribution is -2.58. The van der Waals surface area contributed by atoms with Crippen LogP contribution < -0.4 is 11.1 Å². The first-order valence-corrected chi connectivity index (χ1v) is 6.13. The van der Waals surface area contributed by atoms with Gasteiger partial charge in [0.15, 0.2) is 0 Å². The second kappa shape index (κ2) is 3.70. The van der Waals surface area contributed by atoms with Gasteiger partial charge in [-0.05, 0) is 18.8 Å². The molecule has 2 heterocycles. The van der Waals surface area contributed by atoms with Crippen molar-refractivity contribution in [3.63, 3.8) is 0 Å². The highest BCUT2D eigenvalue weighted by Crippen LogP contribution is 2.31. The molecule has 0 aromatic rings. The Morgan fingerprint density at radius 1 is 1.50 bits per heavy atom. The van der Waals surface area contributed by atoms with Crippen molar-refractivity contribution >= 4 is 5.91 Å². The molecule has 4 heteroatoms. The first-order chi connectivity index (χ1) is 7.32. The topological polar surface area (TPSA) is 58.4 Å². The number of carbonyl (C=O) groups is 1. The molecule has 2 aliphatic heterocycles. The predicted molar refractivity (Wildman–Crippen MR) is 63.9 cm³/mol. The SMILES string of the molecule is CC1C2CC(CN2)N1C(=O)C(N)C(C)(C)C. The smallest absolute Gasteiger partial charge is 0.240 e. The Morgan fingerprint density at radius 2 is 2.12 bits per heavy atom. The summed E-state index contributed by atoms with van der Waals surface area (Å²) in [4.78, 5) is 14.4. The Labute approximate surface area is 97.6 Å². The van der Waals surface area contributed by atoms with Crippen LogP contribution in [0.5, 0.6) is 0 Å². The van der Waals surface area contributed by atoms with Gasteiger partial charge in [-0.3, -0.25) is 4.79 Å². The lowest BCUT2D eigenvalue weighted by molar-refractivity contribution is -0.138. The molecule has 2 aliphatic rings. The van der Waals surface area contributed by atoms with Gasteiger partial charge in [0.1, 0.15) is 0 Å². The molecular formula is C12H23N3O. The number of piperazine rings is 1. The minimum absolute atomic E-state index is 0.119. The monoisotopic (exact) mass is 225 g/mol. The van der Waals surface area contributed by atoms with E-state index in [1.807, 2.05) is 25.7 Å². The van der Waals surface area contributed by atoms with Crippen molar-refractivity contribution in [3.8, 4) is 0 Å². The summed E-state index contributed by atoms with van der Waals surface area (Å²) < 4.78 is 0. The molecule has 0 aromatic carbocycles. The van der Waals surface area contributed by atoms with E-state index in [0.29, 0.717) is 18.1 Å². The maximum Gasteiger partial charge on any atom is 0.240 e. The van der Waals surface area contributed by atoms with Crippen LogP contribution in [0, 0.1) is 5.41 Å². The summed E-state index contributed by atoms with van der Waals surface area (Å²) >= 11 is 0. The third kappa shape index (κ3) is 1.74. The Balaban J connectivity index is 2.11. The molecule has 4 atom stereocenters. The molecule has 16 heavy (non-hydrogen) atoms. The number of nitrogens with zero attached hydrogens (tertiary/aromatic N) is 1. The number of hydrogen-bond acceptors (Lipinski definition) is 3. The molecule has 3 N–H and O–H groups in total. The van der Waals surface area contributed by atoms with Crippen molar-refractivity contribution in [2.24, 2.45) is 11.1 Å². The third-order valence-corrected chi connectivity index (χ3v) is 4.01. The molecule has 0 aliphatic carbocycles. The highest BCUT2D eigenvalue weighted by Gasteiger charge is 2.47. The number of hydrogen-bond donors (Lipinski definition) is 2. The summed E-state index contributed by atoms with van der Waals surface area (Å²) in [6.07, 6.45) is 1.09. The van der Waals surface area contributed by atoms with E-state index in [-0.39, 0.29) is 11.3 Å². The molecule has 2 rings (SSSR count). The number of carbonyl (C=O) groups excluding carboxylic acids is 1. The summed E-state index contributed by atoms with van der Waals surface area (Å²) in [7, 11) is 0. The molecular weight excluding hydrogens is 202 g/mol. The van der Waals surface area contributed by atoms with E-state index in [1.54, 1.807) is 0 Å². The minimum Gasteiger partial charge on any atom is -0.333 e. The molecule has 0 saturated carbocycles. The molecule has 2 fully saturated rings. The second-order valence-corrected chi connectivity index (χ2v) is 6.23. The fraction of sp³-hybridized carbons (Fsp3) is 0.917. The van der Waals surface area contributed by atoms with E-state index in [0.717, 1.165) is 13.0 Å². The first-order valence-electron chi connectivity index (χ1n) is 6.13. The number of nitrogens with two attached hydrogens (primary N) is 1. The molecule has 0 aromatic heterocycles. The number of likely N-dealkylation sites (tertiary alicyclic amines) is 1. The van der Waals surface area contributed by atoms with Crippen molar-refractivity contribution in [1.29, 1.82) is 0 Å². The zero-order valence-corrected chi connectivity index (χ0v) is 10.7. The average molecular weight is 225 g/mol. The molecule has 0 spiro atoms. The van der Waals surface area contributed by atoms with Crippen molar-refractivity contribution in [3.05, 3.63) is 0 Å². The Kier molecular flexibility index (Phi) is 2.75. The summed E-state index contributed by atoms with van der Waals surface area (Å²) in [6.45, 7) is 9.11. The average Bonchev–Trinajstić information content (AvgIpc) is 2.74. The van der Waals surface area contributed by atoms with Crippen LogP contribution in [0.3, 0.4) is 0 Å². The summed E-state index contributed by atoms with van der Waals surface area (Å²) in [5.41, 5.74) is 5.90. The molecule has 4 nitrogen and oxygen atoms in total. The van der Waals surface area contributed by atoms with Crippen LogP contribution in [0.1, 0.15) is 34.1 Å². The summed E-state index contributed by atoms with van der Waals surface area (Å²) in [5, 5.41) is 3.43. The quantitative estimate of drug-likeness (QED) is 0.676. The lowest BCUT2D eigenvalue weighted by atomic mass is 9.86. The zero-order valence-electron chi connectivity index (χ0n) is 10.7. The van der Waals surface area contributed by atoms with Gasteiger partial charge in [-0.15, -0.1) is 0 Å². The largest absolute Gasteiger partial charge is 0.333 e. The number of amides is 1. The molecule has 4 unspecified atom stereocenters. The number of rotatable bonds is 1. The Hall–Kier alpha value is -0.610. The highest BCUT2D eigenvalue weighted by atomic mass is 16.2. The van der Waals surface area contributed by atoms with E-state index >= 15 is 0 Å². The van der Waals surface area contributed by atoms with Gasteiger partial charge in [-0.25, -0.2) is 0 Å². The van der Waals surface area contributed by atoms with Crippen LogP contribution >= 0.6 is 0 Å². The van der Waals surface area contributed by atoms with Crippen LogP contribution in [-0.4, -0.2) is 41.5 Å². The van der Waals surface area contributed by atoms with Gasteiger partial charge in [0.05, 0.1) is 6.04 Å². The van der Waals surface area contributed by atoms with Gasteiger partial charge in [0, 0.05) is 24.7 Å². The van der Waals surface area contributed by atoms with Gasteiger partial charge >= 0.3 is 0 Å². The summed E-state index contributed by atoms with van der Waals surface area (Å²) in [6, 6.07) is 0.732. The van der Waals surface area contributed by atoms with Crippen LogP contribution in [0.15, 0.2) is 0 Å².